The van der Waals surface area contributed by atoms with Gasteiger partial charge < -0.3 is 11.0 Å². The summed E-state index contributed by atoms with van der Waals surface area (Å²) in [7, 11) is -2.69. The van der Waals surface area contributed by atoms with Gasteiger partial charge in [-0.3, -0.25) is 0 Å². The molecule has 0 aliphatic carbocycles. The molecule has 0 aromatic carbocycles. The molecule has 0 rings (SSSR count). The first-order valence-electron chi connectivity index (χ1n) is 2.25. The summed E-state index contributed by atoms with van der Waals surface area (Å²) in [6.07, 6.45) is 0. The highest BCUT2D eigenvalue weighted by Crippen LogP contribution is 2.20. The van der Waals surface area contributed by atoms with Crippen molar-refractivity contribution in [2.45, 2.75) is 26.4 Å². The summed E-state index contributed by atoms with van der Waals surface area (Å²) >= 11 is 0. The van der Waals surface area contributed by atoms with Gasteiger partial charge in [0.2, 0.25) is 0 Å². The third-order valence-electron chi connectivity index (χ3n) is 0.348. The van der Waals surface area contributed by atoms with Crippen LogP contribution in [0, 0.1) is 0 Å². The molecule has 4 nitrogen and oxygen atoms in total. The van der Waals surface area contributed by atoms with Crippen LogP contribution in [0.5, 0.6) is 0 Å². The summed E-state index contributed by atoms with van der Waals surface area (Å²) in [6, 6.07) is 0. The number of hydrogen-bond acceptors (Lipinski definition) is 3. The lowest BCUT2D eigenvalue weighted by molar-refractivity contribution is -0.193. The van der Waals surface area contributed by atoms with Crippen LogP contribution in [0.25, 0.3) is 0 Å². The Balaban J connectivity index is 0. The van der Waals surface area contributed by atoms with Crippen molar-refractivity contribution in [1.29, 1.82) is 0 Å². The van der Waals surface area contributed by atoms with Crippen LogP contribution in [0.4, 0.5) is 0 Å². The summed E-state index contributed by atoms with van der Waals surface area (Å²) in [5, 5.41) is 0. The van der Waals surface area contributed by atoms with Gasteiger partial charge in [0, 0.05) is 0 Å². The molecule has 5 heteroatoms. The molecular formula is C4H13NO3P+. The third kappa shape index (κ3) is 11.5. The maximum Gasteiger partial charge on any atom is 0.489 e. The van der Waals surface area contributed by atoms with Crippen molar-refractivity contribution < 1.29 is 14.0 Å². The van der Waals surface area contributed by atoms with E-state index in [1.807, 2.05) is 0 Å². The summed E-state index contributed by atoms with van der Waals surface area (Å²) in [5.74, 6) is 0. The van der Waals surface area contributed by atoms with Gasteiger partial charge in [-0.05, 0) is 25.3 Å². The van der Waals surface area contributed by atoms with E-state index in [1.165, 1.54) is 0 Å². The van der Waals surface area contributed by atoms with E-state index in [0.717, 1.165) is 0 Å². The van der Waals surface area contributed by atoms with Crippen LogP contribution in [0.3, 0.4) is 0 Å². The van der Waals surface area contributed by atoms with Gasteiger partial charge in [-0.15, -0.1) is 4.52 Å². The van der Waals surface area contributed by atoms with Crippen molar-refractivity contribution in [2.24, 2.45) is 0 Å². The van der Waals surface area contributed by atoms with Gasteiger partial charge in [-0.25, -0.2) is 0 Å². The van der Waals surface area contributed by atoms with Crippen LogP contribution < -0.4 is 11.0 Å². The Labute approximate surface area is 55.8 Å². The van der Waals surface area contributed by atoms with Gasteiger partial charge in [0.25, 0.3) is 0 Å². The molecular weight excluding hydrogens is 141 g/mol. The molecule has 0 bridgehead atoms. The van der Waals surface area contributed by atoms with Crippen LogP contribution in [0.2, 0.25) is 0 Å². The van der Waals surface area contributed by atoms with Crippen LogP contribution in [0.1, 0.15) is 20.8 Å². The number of rotatable bonds is 1. The van der Waals surface area contributed by atoms with E-state index in [-0.39, 0.29) is 6.15 Å². The SMILES string of the molecule is CC(C)(C)O[P+](=O)[O-].[NH4+]. The molecule has 56 valence electrons. The summed E-state index contributed by atoms with van der Waals surface area (Å²) in [6.45, 7) is 5.04. The quantitative estimate of drug-likeness (QED) is 0.575. The zero-order valence-electron chi connectivity index (χ0n) is 6.17. The highest BCUT2D eigenvalue weighted by molar-refractivity contribution is 7.30. The molecule has 0 aromatic heterocycles. The summed E-state index contributed by atoms with van der Waals surface area (Å²) in [4.78, 5) is 9.83. The topological polar surface area (TPSA) is 85.9 Å². The molecule has 0 aliphatic rings. The first-order valence-corrected chi connectivity index (χ1v) is 3.35. The predicted molar refractivity (Wildman–Crippen MR) is 34.4 cm³/mol. The normalized spacial score (nSPS) is 12.2. The minimum atomic E-state index is -2.69. The molecule has 0 spiro atoms. The van der Waals surface area contributed by atoms with Crippen molar-refractivity contribution in [3.63, 3.8) is 0 Å². The van der Waals surface area contributed by atoms with Gasteiger partial charge in [0.1, 0.15) is 5.60 Å². The highest BCUT2D eigenvalue weighted by Gasteiger charge is 2.18. The first-order chi connectivity index (χ1) is 3.42. The van der Waals surface area contributed by atoms with Gasteiger partial charge in [0.15, 0.2) is 0 Å². The standard InChI is InChI=1S/C4H9O3P.H3N/c1-4(2,3)7-8(5)6;/h1-3H3;1H3/p+1. The van der Waals surface area contributed by atoms with Crippen LogP contribution in [-0.2, 0) is 9.09 Å². The Hall–Kier alpha value is -0.0200. The van der Waals surface area contributed by atoms with Crippen molar-refractivity contribution in [3.05, 3.63) is 0 Å². The van der Waals surface area contributed by atoms with Crippen molar-refractivity contribution in [3.8, 4) is 0 Å². The Bertz CT molecular complexity index is 98.5. The first kappa shape index (κ1) is 11.7. The van der Waals surface area contributed by atoms with Gasteiger partial charge in [-0.2, -0.15) is 0 Å². The fourth-order valence-electron chi connectivity index (χ4n) is 0.224. The Kier molecular flexibility index (Phi) is 5.09. The average molecular weight is 154 g/mol. The van der Waals surface area contributed by atoms with Gasteiger partial charge in [0.05, 0.1) is 0 Å². The summed E-state index contributed by atoms with van der Waals surface area (Å²) in [5.41, 5.74) is -0.574. The van der Waals surface area contributed by atoms with E-state index in [0.29, 0.717) is 0 Å². The lowest BCUT2D eigenvalue weighted by atomic mass is 10.2. The molecule has 1 atom stereocenters. The van der Waals surface area contributed by atoms with E-state index in [2.05, 4.69) is 4.52 Å². The molecule has 0 aliphatic heterocycles. The maximum atomic E-state index is 9.83. The van der Waals surface area contributed by atoms with E-state index in [9.17, 15) is 9.46 Å². The predicted octanol–water partition coefficient (Wildman–Crippen LogP) is 1.20. The third-order valence-corrected chi connectivity index (χ3v) is 1.05. The van der Waals surface area contributed by atoms with Gasteiger partial charge in [-0.1, -0.05) is 0 Å². The second kappa shape index (κ2) is 3.90. The molecule has 4 N–H and O–H groups in total. The lowest BCUT2D eigenvalue weighted by Gasteiger charge is -2.08. The molecule has 9 heavy (non-hydrogen) atoms. The fourth-order valence-corrected chi connectivity index (χ4v) is 0.671. The van der Waals surface area contributed by atoms with Crippen molar-refractivity contribution in [2.75, 3.05) is 0 Å². The second-order valence-corrected chi connectivity index (χ2v) is 3.06. The van der Waals surface area contributed by atoms with Crippen LogP contribution in [-0.4, -0.2) is 5.60 Å². The zero-order chi connectivity index (χ0) is 6.78. The highest BCUT2D eigenvalue weighted by atomic mass is 31.1. The van der Waals surface area contributed by atoms with Gasteiger partial charge >= 0.3 is 8.25 Å². The Morgan fingerprint density at radius 1 is 1.44 bits per heavy atom. The van der Waals surface area contributed by atoms with E-state index >= 15 is 0 Å². The monoisotopic (exact) mass is 154 g/mol. The van der Waals surface area contributed by atoms with Crippen molar-refractivity contribution >= 4 is 8.25 Å². The molecule has 0 saturated carbocycles. The van der Waals surface area contributed by atoms with Crippen LogP contribution >= 0.6 is 8.25 Å². The number of quaternary nitrogens is 1. The largest absolute Gasteiger partial charge is 0.566 e. The van der Waals surface area contributed by atoms with E-state index in [1.54, 1.807) is 20.8 Å². The smallest absolute Gasteiger partial charge is 0.489 e. The Morgan fingerprint density at radius 3 is 1.78 bits per heavy atom. The molecule has 0 aromatic rings. The molecule has 0 fully saturated rings. The summed E-state index contributed by atoms with van der Waals surface area (Å²) < 4.78 is 14.2. The van der Waals surface area contributed by atoms with Crippen LogP contribution in [0.15, 0.2) is 0 Å². The fraction of sp³-hybridized carbons (Fsp3) is 1.00. The lowest BCUT2D eigenvalue weighted by Crippen LogP contribution is -2.16. The minimum absolute atomic E-state index is 0. The minimum Gasteiger partial charge on any atom is -0.566 e. The van der Waals surface area contributed by atoms with E-state index in [4.69, 9.17) is 0 Å². The number of hydrogen-bond donors (Lipinski definition) is 1. The molecule has 0 saturated heterocycles. The Morgan fingerprint density at radius 2 is 1.78 bits per heavy atom. The van der Waals surface area contributed by atoms with E-state index < -0.39 is 13.9 Å². The second-order valence-electron chi connectivity index (χ2n) is 2.43. The molecule has 1 unspecified atom stereocenters. The van der Waals surface area contributed by atoms with Crippen molar-refractivity contribution in [1.82, 2.24) is 6.15 Å². The molecule has 0 heterocycles. The maximum absolute atomic E-state index is 9.83. The molecule has 0 radical (unpaired) electrons. The average Bonchev–Trinajstić information content (AvgIpc) is 1.21. The molecule has 0 amide bonds. The zero-order valence-corrected chi connectivity index (χ0v) is 7.07.